The highest BCUT2D eigenvalue weighted by Crippen LogP contribution is 2.31. The van der Waals surface area contributed by atoms with Crippen molar-refractivity contribution in [2.45, 2.75) is 11.3 Å². The molecule has 0 spiro atoms. The van der Waals surface area contributed by atoms with E-state index >= 15 is 0 Å². The Bertz CT molecular complexity index is 598. The number of nitrogen functional groups attached to an aromatic ring is 1. The summed E-state index contributed by atoms with van der Waals surface area (Å²) in [4.78, 5) is -0.156. The number of hydrogen-bond donors (Lipinski definition) is 1. The molecule has 0 saturated carbocycles. The Labute approximate surface area is 123 Å². The number of anilines is 1. The zero-order valence-electron chi connectivity index (χ0n) is 12.0. The quantitative estimate of drug-likeness (QED) is 0.821. The maximum atomic E-state index is 13.8. The van der Waals surface area contributed by atoms with E-state index in [-0.39, 0.29) is 22.3 Å². The van der Waals surface area contributed by atoms with Crippen LogP contribution in [0.1, 0.15) is 6.42 Å². The first-order chi connectivity index (χ1) is 9.90. The predicted octanol–water partition coefficient (Wildman–Crippen LogP) is 1.07. The van der Waals surface area contributed by atoms with E-state index in [2.05, 4.69) is 0 Å². The fraction of sp³-hybridized carbons (Fsp3) is 0.538. The minimum atomic E-state index is -3.76. The minimum Gasteiger partial charge on any atom is -0.492 e. The highest BCUT2D eigenvalue weighted by Gasteiger charge is 2.33. The van der Waals surface area contributed by atoms with E-state index in [0.717, 1.165) is 12.5 Å². The molecule has 1 aromatic rings. The lowest BCUT2D eigenvalue weighted by atomic mass is 10.1. The minimum absolute atomic E-state index is 0.0382. The van der Waals surface area contributed by atoms with Crippen molar-refractivity contribution in [1.29, 1.82) is 0 Å². The van der Waals surface area contributed by atoms with Gasteiger partial charge in [-0.15, -0.1) is 0 Å². The lowest BCUT2D eigenvalue weighted by molar-refractivity contribution is 0.157. The number of halogens is 1. The number of benzene rings is 1. The van der Waals surface area contributed by atoms with Gasteiger partial charge in [-0.2, -0.15) is 4.31 Å². The Hall–Kier alpha value is -1.38. The molecule has 8 heteroatoms. The van der Waals surface area contributed by atoms with Crippen LogP contribution in [0.3, 0.4) is 0 Å². The van der Waals surface area contributed by atoms with Gasteiger partial charge in [-0.05, 0) is 24.5 Å². The van der Waals surface area contributed by atoms with Gasteiger partial charge in [0.15, 0.2) is 11.6 Å². The van der Waals surface area contributed by atoms with Crippen molar-refractivity contribution in [3.8, 4) is 5.75 Å². The fourth-order valence-electron chi connectivity index (χ4n) is 2.49. The van der Waals surface area contributed by atoms with E-state index in [1.165, 1.54) is 17.5 Å². The third kappa shape index (κ3) is 3.12. The Morgan fingerprint density at radius 1 is 1.43 bits per heavy atom. The van der Waals surface area contributed by atoms with Gasteiger partial charge < -0.3 is 15.2 Å². The van der Waals surface area contributed by atoms with Crippen molar-refractivity contribution in [3.63, 3.8) is 0 Å². The molecule has 2 rings (SSSR count). The molecule has 21 heavy (non-hydrogen) atoms. The molecule has 0 bridgehead atoms. The Kier molecular flexibility index (Phi) is 4.70. The SMILES string of the molecule is COCC1CCN(S(=O)(=O)c2cc(N)c(OC)c(F)c2)C1. The second-order valence-electron chi connectivity index (χ2n) is 5.00. The first-order valence-electron chi connectivity index (χ1n) is 6.52. The van der Waals surface area contributed by atoms with Gasteiger partial charge >= 0.3 is 0 Å². The number of nitrogens with zero attached hydrogens (tertiary/aromatic N) is 1. The van der Waals surface area contributed by atoms with Crippen LogP contribution in [0.25, 0.3) is 0 Å². The highest BCUT2D eigenvalue weighted by molar-refractivity contribution is 7.89. The second kappa shape index (κ2) is 6.17. The Balaban J connectivity index is 2.29. The molecule has 0 aliphatic carbocycles. The molecule has 1 heterocycles. The van der Waals surface area contributed by atoms with Gasteiger partial charge in [-0.25, -0.2) is 12.8 Å². The number of ether oxygens (including phenoxy) is 2. The maximum absolute atomic E-state index is 13.8. The smallest absolute Gasteiger partial charge is 0.243 e. The summed E-state index contributed by atoms with van der Waals surface area (Å²) in [5.41, 5.74) is 5.60. The molecule has 1 atom stereocenters. The lowest BCUT2D eigenvalue weighted by Gasteiger charge is -2.17. The molecule has 1 saturated heterocycles. The van der Waals surface area contributed by atoms with E-state index in [0.29, 0.717) is 19.7 Å². The monoisotopic (exact) mass is 318 g/mol. The lowest BCUT2D eigenvalue weighted by Crippen LogP contribution is -2.29. The standard InChI is InChI=1S/C13H19FN2O4S/c1-19-8-9-3-4-16(7-9)21(17,18)10-5-11(14)13(20-2)12(15)6-10/h5-6,9H,3-4,7-8,15H2,1-2H3. The molecule has 1 aromatic carbocycles. The van der Waals surface area contributed by atoms with E-state index in [1.54, 1.807) is 7.11 Å². The first-order valence-corrected chi connectivity index (χ1v) is 7.96. The summed E-state index contributed by atoms with van der Waals surface area (Å²) in [5.74, 6) is -0.776. The molecule has 0 radical (unpaired) electrons. The third-order valence-electron chi connectivity index (χ3n) is 3.54. The van der Waals surface area contributed by atoms with E-state index in [4.69, 9.17) is 15.2 Å². The number of methoxy groups -OCH3 is 2. The normalized spacial score (nSPS) is 19.9. The third-order valence-corrected chi connectivity index (χ3v) is 5.38. The molecule has 2 N–H and O–H groups in total. The van der Waals surface area contributed by atoms with Crippen LogP contribution in [-0.2, 0) is 14.8 Å². The van der Waals surface area contributed by atoms with Gasteiger partial charge in [0.05, 0.1) is 24.3 Å². The average Bonchev–Trinajstić information content (AvgIpc) is 2.88. The van der Waals surface area contributed by atoms with Crippen LogP contribution in [-0.4, -0.2) is 46.6 Å². The van der Waals surface area contributed by atoms with Crippen LogP contribution in [0.15, 0.2) is 17.0 Å². The zero-order valence-corrected chi connectivity index (χ0v) is 12.8. The van der Waals surface area contributed by atoms with Crippen molar-refractivity contribution < 1.29 is 22.3 Å². The molecule has 0 aromatic heterocycles. The molecule has 0 amide bonds. The molecule has 1 aliphatic heterocycles. The van der Waals surface area contributed by atoms with Gasteiger partial charge in [0.1, 0.15) is 0 Å². The van der Waals surface area contributed by atoms with Crippen LogP contribution in [0, 0.1) is 11.7 Å². The summed E-state index contributed by atoms with van der Waals surface area (Å²) in [5, 5.41) is 0. The predicted molar refractivity (Wildman–Crippen MR) is 76.1 cm³/mol. The van der Waals surface area contributed by atoms with Crippen LogP contribution in [0.5, 0.6) is 5.75 Å². The Morgan fingerprint density at radius 2 is 2.14 bits per heavy atom. The van der Waals surface area contributed by atoms with E-state index in [9.17, 15) is 12.8 Å². The first kappa shape index (κ1) is 16.0. The summed E-state index contributed by atoms with van der Waals surface area (Å²) in [6.07, 6.45) is 0.723. The number of nitrogens with two attached hydrogens (primary N) is 1. The summed E-state index contributed by atoms with van der Waals surface area (Å²) in [6.45, 7) is 1.26. The topological polar surface area (TPSA) is 81.9 Å². The van der Waals surface area contributed by atoms with E-state index in [1.807, 2.05) is 0 Å². The summed E-state index contributed by atoms with van der Waals surface area (Å²) < 4.78 is 50.0. The summed E-state index contributed by atoms with van der Waals surface area (Å²) >= 11 is 0. The summed E-state index contributed by atoms with van der Waals surface area (Å²) in [6, 6.07) is 2.16. The average molecular weight is 318 g/mol. The van der Waals surface area contributed by atoms with Crippen molar-refractivity contribution in [1.82, 2.24) is 4.31 Å². The highest BCUT2D eigenvalue weighted by atomic mass is 32.2. The second-order valence-corrected chi connectivity index (χ2v) is 6.94. The van der Waals surface area contributed by atoms with Crippen molar-refractivity contribution in [2.75, 3.05) is 39.6 Å². The van der Waals surface area contributed by atoms with Crippen LogP contribution < -0.4 is 10.5 Å². The number of hydrogen-bond acceptors (Lipinski definition) is 5. The van der Waals surface area contributed by atoms with Gasteiger partial charge in [0, 0.05) is 20.2 Å². The van der Waals surface area contributed by atoms with E-state index < -0.39 is 15.8 Å². The molecule has 1 aliphatic rings. The number of rotatable bonds is 5. The Morgan fingerprint density at radius 3 is 2.71 bits per heavy atom. The zero-order chi connectivity index (χ0) is 15.6. The van der Waals surface area contributed by atoms with Crippen LogP contribution >= 0.6 is 0 Å². The van der Waals surface area contributed by atoms with Crippen molar-refractivity contribution >= 4 is 15.7 Å². The molecular weight excluding hydrogens is 299 g/mol. The van der Waals surface area contributed by atoms with Gasteiger partial charge in [-0.3, -0.25) is 0 Å². The molecule has 1 unspecified atom stereocenters. The van der Waals surface area contributed by atoms with Crippen LogP contribution in [0.4, 0.5) is 10.1 Å². The van der Waals surface area contributed by atoms with Gasteiger partial charge in [0.25, 0.3) is 0 Å². The van der Waals surface area contributed by atoms with Gasteiger partial charge in [-0.1, -0.05) is 0 Å². The van der Waals surface area contributed by atoms with Crippen LogP contribution in [0.2, 0.25) is 0 Å². The molecule has 6 nitrogen and oxygen atoms in total. The van der Waals surface area contributed by atoms with Crippen molar-refractivity contribution in [3.05, 3.63) is 17.9 Å². The molecule has 1 fully saturated rings. The molecule has 118 valence electrons. The van der Waals surface area contributed by atoms with Gasteiger partial charge in [0.2, 0.25) is 10.0 Å². The summed E-state index contributed by atoms with van der Waals surface area (Å²) in [7, 11) is -0.901. The van der Waals surface area contributed by atoms with Crippen molar-refractivity contribution in [2.24, 2.45) is 5.92 Å². The molecular formula is C13H19FN2O4S. The largest absolute Gasteiger partial charge is 0.492 e. The maximum Gasteiger partial charge on any atom is 0.243 e. The fourth-order valence-corrected chi connectivity index (χ4v) is 4.07. The number of sulfonamides is 1.